The molecule has 1 spiro atoms. The minimum atomic E-state index is -0.258. The van der Waals surface area contributed by atoms with Gasteiger partial charge in [0.15, 0.2) is 0 Å². The van der Waals surface area contributed by atoms with Gasteiger partial charge in [0.2, 0.25) is 5.91 Å². The Bertz CT molecular complexity index is 494. The number of aliphatic hydroxyl groups excluding tert-OH is 1. The third-order valence-electron chi connectivity index (χ3n) is 6.59. The summed E-state index contributed by atoms with van der Waals surface area (Å²) < 4.78 is 0. The van der Waals surface area contributed by atoms with Crippen molar-refractivity contribution in [1.29, 1.82) is 0 Å². The van der Waals surface area contributed by atoms with Gasteiger partial charge in [0, 0.05) is 44.1 Å². The van der Waals surface area contributed by atoms with E-state index in [4.69, 9.17) is 0 Å². The van der Waals surface area contributed by atoms with Gasteiger partial charge in [0.05, 0.1) is 6.10 Å². The van der Waals surface area contributed by atoms with Crippen molar-refractivity contribution in [2.45, 2.75) is 71.3 Å². The lowest BCUT2D eigenvalue weighted by Gasteiger charge is -2.51. The average Bonchev–Trinajstić information content (AvgIpc) is 3.12. The van der Waals surface area contributed by atoms with Crippen LogP contribution in [-0.2, 0) is 4.79 Å². The van der Waals surface area contributed by atoms with Crippen LogP contribution in [0.3, 0.4) is 0 Å². The highest BCUT2D eigenvalue weighted by Crippen LogP contribution is 2.40. The normalized spacial score (nSPS) is 31.5. The highest BCUT2D eigenvalue weighted by atomic mass is 16.3. The summed E-state index contributed by atoms with van der Waals surface area (Å²) in [5.41, 5.74) is 1.27. The monoisotopic (exact) mass is 348 g/mol. The molecule has 2 saturated heterocycles. The van der Waals surface area contributed by atoms with E-state index in [0.717, 1.165) is 71.2 Å². The third-order valence-corrected chi connectivity index (χ3v) is 6.59. The molecular weight excluding hydrogens is 312 g/mol. The Labute approximate surface area is 153 Å². The number of amides is 1. The van der Waals surface area contributed by atoms with Gasteiger partial charge in [-0.2, -0.15) is 0 Å². The summed E-state index contributed by atoms with van der Waals surface area (Å²) in [5, 5.41) is 10.8. The van der Waals surface area contributed by atoms with Crippen molar-refractivity contribution in [3.05, 3.63) is 11.6 Å². The maximum atomic E-state index is 12.9. The lowest BCUT2D eigenvalue weighted by molar-refractivity contribution is -0.145. The van der Waals surface area contributed by atoms with E-state index in [1.54, 1.807) is 0 Å². The van der Waals surface area contributed by atoms with Crippen LogP contribution in [0, 0.1) is 11.3 Å². The topological polar surface area (TPSA) is 43.8 Å². The molecule has 0 bridgehead atoms. The number of allylic oxidation sites excluding steroid dienone is 1. The maximum absolute atomic E-state index is 12.9. The van der Waals surface area contributed by atoms with E-state index in [9.17, 15) is 9.90 Å². The lowest BCUT2D eigenvalue weighted by Crippen LogP contribution is -2.60. The van der Waals surface area contributed by atoms with E-state index in [-0.39, 0.29) is 17.4 Å². The van der Waals surface area contributed by atoms with E-state index in [1.807, 2.05) is 0 Å². The van der Waals surface area contributed by atoms with Crippen LogP contribution in [0.5, 0.6) is 0 Å². The zero-order valence-electron chi connectivity index (χ0n) is 16.2. The van der Waals surface area contributed by atoms with Gasteiger partial charge >= 0.3 is 0 Å². The molecule has 3 aliphatic rings. The van der Waals surface area contributed by atoms with Crippen LogP contribution < -0.4 is 0 Å². The maximum Gasteiger partial charge on any atom is 0.225 e. The second-order valence-corrected chi connectivity index (χ2v) is 8.86. The van der Waals surface area contributed by atoms with Gasteiger partial charge in [0.25, 0.3) is 0 Å². The quantitative estimate of drug-likeness (QED) is 0.794. The van der Waals surface area contributed by atoms with Crippen molar-refractivity contribution in [1.82, 2.24) is 9.80 Å². The first-order valence-corrected chi connectivity index (χ1v) is 10.3. The van der Waals surface area contributed by atoms with Crippen molar-refractivity contribution in [2.24, 2.45) is 11.3 Å². The molecule has 2 atom stereocenters. The highest BCUT2D eigenvalue weighted by Gasteiger charge is 2.46. The molecule has 0 aromatic rings. The van der Waals surface area contributed by atoms with Crippen LogP contribution in [0.4, 0.5) is 0 Å². The molecule has 2 aliphatic heterocycles. The van der Waals surface area contributed by atoms with Crippen molar-refractivity contribution in [3.63, 3.8) is 0 Å². The van der Waals surface area contributed by atoms with E-state index >= 15 is 0 Å². The van der Waals surface area contributed by atoms with Crippen molar-refractivity contribution < 1.29 is 9.90 Å². The van der Waals surface area contributed by atoms with Gasteiger partial charge < -0.3 is 14.9 Å². The minimum absolute atomic E-state index is 0.101. The van der Waals surface area contributed by atoms with Crippen molar-refractivity contribution in [2.75, 3.05) is 32.7 Å². The third kappa shape index (κ3) is 4.46. The van der Waals surface area contributed by atoms with Crippen LogP contribution in [0.25, 0.3) is 0 Å². The van der Waals surface area contributed by atoms with Crippen LogP contribution in [0.15, 0.2) is 11.6 Å². The first-order chi connectivity index (χ1) is 12.0. The second kappa shape index (κ2) is 8.22. The largest absolute Gasteiger partial charge is 0.392 e. The molecule has 1 amide bonds. The molecule has 0 aromatic heterocycles. The zero-order valence-corrected chi connectivity index (χ0v) is 16.2. The number of rotatable bonds is 4. The van der Waals surface area contributed by atoms with Gasteiger partial charge in [-0.25, -0.2) is 0 Å². The number of piperidine rings is 2. The van der Waals surface area contributed by atoms with Gasteiger partial charge in [-0.15, -0.1) is 0 Å². The summed E-state index contributed by atoms with van der Waals surface area (Å²) in [7, 11) is 0. The van der Waals surface area contributed by atoms with E-state index in [2.05, 4.69) is 29.7 Å². The number of likely N-dealkylation sites (tertiary alicyclic amines) is 2. The number of hydrogen-bond donors (Lipinski definition) is 1. The number of hydrogen-bond acceptors (Lipinski definition) is 3. The van der Waals surface area contributed by atoms with Crippen LogP contribution in [-0.4, -0.2) is 59.6 Å². The van der Waals surface area contributed by atoms with Crippen LogP contribution in [0.1, 0.15) is 65.2 Å². The summed E-state index contributed by atoms with van der Waals surface area (Å²) in [6.45, 7) is 8.94. The Morgan fingerprint density at radius 2 is 1.88 bits per heavy atom. The highest BCUT2D eigenvalue weighted by molar-refractivity contribution is 5.79. The first-order valence-electron chi connectivity index (χ1n) is 10.3. The number of carbonyl (C=O) groups is 1. The molecule has 4 heteroatoms. The molecule has 4 nitrogen and oxygen atoms in total. The van der Waals surface area contributed by atoms with Crippen LogP contribution >= 0.6 is 0 Å². The Kier molecular flexibility index (Phi) is 6.21. The van der Waals surface area contributed by atoms with E-state index in [0.29, 0.717) is 5.91 Å². The zero-order chi connectivity index (χ0) is 17.9. The minimum Gasteiger partial charge on any atom is -0.392 e. The molecular formula is C21H36N2O2. The second-order valence-electron chi connectivity index (χ2n) is 8.86. The van der Waals surface area contributed by atoms with Crippen LogP contribution in [0.2, 0.25) is 0 Å². The molecule has 0 radical (unpaired) electrons. The summed E-state index contributed by atoms with van der Waals surface area (Å²) in [5.74, 6) is 0.620. The van der Waals surface area contributed by atoms with Gasteiger partial charge in [-0.3, -0.25) is 4.79 Å². The SMILES string of the molecule is CC(C)=CCCN1CC[C@@H](O)[C@]2(CCCN(C(=O)C3CCCC3)C2)C1. The van der Waals surface area contributed by atoms with Gasteiger partial charge in [-0.1, -0.05) is 24.5 Å². The molecule has 1 aliphatic carbocycles. The first kappa shape index (κ1) is 18.9. The number of aliphatic hydroxyl groups is 1. The molecule has 1 saturated carbocycles. The molecule has 0 unspecified atom stereocenters. The molecule has 142 valence electrons. The molecule has 3 rings (SSSR count). The van der Waals surface area contributed by atoms with Gasteiger partial charge in [0.1, 0.15) is 0 Å². The number of carbonyl (C=O) groups excluding carboxylic acids is 1. The molecule has 2 heterocycles. The molecule has 1 N–H and O–H groups in total. The Balaban J connectivity index is 1.63. The fourth-order valence-corrected chi connectivity index (χ4v) is 5.15. The Morgan fingerprint density at radius 3 is 2.60 bits per heavy atom. The molecule has 0 aromatic carbocycles. The summed E-state index contributed by atoms with van der Waals surface area (Å²) >= 11 is 0. The lowest BCUT2D eigenvalue weighted by atomic mass is 9.71. The van der Waals surface area contributed by atoms with Crippen molar-refractivity contribution in [3.8, 4) is 0 Å². The predicted molar refractivity (Wildman–Crippen MR) is 101 cm³/mol. The summed E-state index contributed by atoms with van der Waals surface area (Å²) in [6, 6.07) is 0. The molecule has 3 fully saturated rings. The summed E-state index contributed by atoms with van der Waals surface area (Å²) in [4.78, 5) is 17.5. The smallest absolute Gasteiger partial charge is 0.225 e. The molecule has 25 heavy (non-hydrogen) atoms. The standard InChI is InChI=1S/C21H36N2O2/c1-17(2)7-5-12-22-14-10-19(24)21(15-22)11-6-13-23(16-21)20(25)18-8-3-4-9-18/h7,18-19,24H,3-6,8-16H2,1-2H3/t19-,21-/m1/s1. The van der Waals surface area contributed by atoms with E-state index < -0.39 is 0 Å². The summed E-state index contributed by atoms with van der Waals surface area (Å²) in [6.07, 6.45) is 10.6. The average molecular weight is 349 g/mol. The fraction of sp³-hybridized carbons (Fsp3) is 0.857. The fourth-order valence-electron chi connectivity index (χ4n) is 5.15. The van der Waals surface area contributed by atoms with E-state index in [1.165, 1.54) is 18.4 Å². The predicted octanol–water partition coefficient (Wildman–Crippen LogP) is 3.21. The Morgan fingerprint density at radius 1 is 1.12 bits per heavy atom. The van der Waals surface area contributed by atoms with Gasteiger partial charge in [-0.05, 0) is 52.4 Å². The van der Waals surface area contributed by atoms with Crippen molar-refractivity contribution >= 4 is 5.91 Å². The number of nitrogens with zero attached hydrogens (tertiary/aromatic N) is 2. The Hall–Kier alpha value is -0.870.